The number of nitrogens with zero attached hydrogens (tertiary/aromatic N) is 2. The number of rotatable bonds is 5. The summed E-state index contributed by atoms with van der Waals surface area (Å²) in [6.07, 6.45) is -4.78. The van der Waals surface area contributed by atoms with Crippen molar-refractivity contribution in [2.24, 2.45) is 0 Å². The van der Waals surface area contributed by atoms with E-state index in [1.54, 1.807) is 0 Å². The Balaban J connectivity index is 2.64. The normalized spacial score (nSPS) is 12.0. The molecule has 0 saturated heterocycles. The molecule has 0 radical (unpaired) electrons. The molecule has 0 aromatic heterocycles. The van der Waals surface area contributed by atoms with Gasteiger partial charge in [-0.25, -0.2) is 8.42 Å². The van der Waals surface area contributed by atoms with Gasteiger partial charge in [0.15, 0.2) is 4.90 Å². The van der Waals surface area contributed by atoms with Crippen molar-refractivity contribution in [3.8, 4) is 0 Å². The van der Waals surface area contributed by atoms with Gasteiger partial charge in [0.05, 0.1) is 21.2 Å². The highest BCUT2D eigenvalue weighted by Gasteiger charge is 2.36. The highest BCUT2D eigenvalue weighted by molar-refractivity contribution is 7.93. The predicted octanol–water partition coefficient (Wildman–Crippen LogP) is 4.48. The van der Waals surface area contributed by atoms with Crippen LogP contribution in [0.4, 0.5) is 24.5 Å². The zero-order valence-corrected chi connectivity index (χ0v) is 14.8. The van der Waals surface area contributed by atoms with Crippen molar-refractivity contribution in [1.82, 2.24) is 0 Å². The molecular weight excluding hydrogens is 397 g/mol. The second-order valence-corrected chi connectivity index (χ2v) is 7.29. The third-order valence-electron chi connectivity index (χ3n) is 3.46. The van der Waals surface area contributed by atoms with Crippen LogP contribution in [0.5, 0.6) is 0 Å². The van der Waals surface area contributed by atoms with Crippen LogP contribution in [0, 0.1) is 10.1 Å². The number of nitro groups is 1. The van der Waals surface area contributed by atoms with Gasteiger partial charge in [-0.05, 0) is 31.2 Å². The molecule has 6 nitrogen and oxygen atoms in total. The van der Waals surface area contributed by atoms with E-state index >= 15 is 0 Å². The summed E-state index contributed by atoms with van der Waals surface area (Å²) in [5, 5.41) is 10.5. The minimum absolute atomic E-state index is 0.243. The van der Waals surface area contributed by atoms with Crippen LogP contribution in [-0.2, 0) is 16.2 Å². The van der Waals surface area contributed by atoms with E-state index in [4.69, 9.17) is 11.6 Å². The summed E-state index contributed by atoms with van der Waals surface area (Å²) in [5.41, 5.74) is -2.17. The van der Waals surface area contributed by atoms with Crippen molar-refractivity contribution in [2.45, 2.75) is 18.0 Å². The number of alkyl halides is 3. The van der Waals surface area contributed by atoms with E-state index in [1.165, 1.54) is 19.1 Å². The van der Waals surface area contributed by atoms with Crippen molar-refractivity contribution in [1.29, 1.82) is 0 Å². The molecule has 0 amide bonds. The Morgan fingerprint density at radius 2 is 1.81 bits per heavy atom. The van der Waals surface area contributed by atoms with Gasteiger partial charge in [0.1, 0.15) is 0 Å². The molecule has 0 aliphatic rings. The molecule has 11 heteroatoms. The molecule has 0 saturated carbocycles. The van der Waals surface area contributed by atoms with E-state index < -0.39 is 42.3 Å². The first-order valence-electron chi connectivity index (χ1n) is 7.13. The van der Waals surface area contributed by atoms with E-state index in [1.807, 2.05) is 0 Å². The quantitative estimate of drug-likeness (QED) is 0.539. The number of hydrogen-bond acceptors (Lipinski definition) is 4. The predicted molar refractivity (Wildman–Crippen MR) is 89.8 cm³/mol. The number of para-hydroxylation sites is 1. The van der Waals surface area contributed by atoms with E-state index in [9.17, 15) is 31.7 Å². The first kappa shape index (κ1) is 20.0. The molecule has 140 valence electrons. The molecule has 0 spiro atoms. The van der Waals surface area contributed by atoms with Gasteiger partial charge >= 0.3 is 6.18 Å². The SMILES string of the molecule is CCN(c1ccc(Cl)c(C(F)(F)F)c1)S(=O)(=O)c1ccccc1[N+](=O)[O-]. The fourth-order valence-electron chi connectivity index (χ4n) is 2.32. The highest BCUT2D eigenvalue weighted by Crippen LogP contribution is 2.38. The van der Waals surface area contributed by atoms with Crippen molar-refractivity contribution < 1.29 is 26.5 Å². The minimum atomic E-state index is -4.78. The van der Waals surface area contributed by atoms with Gasteiger partial charge in [0.25, 0.3) is 15.7 Å². The summed E-state index contributed by atoms with van der Waals surface area (Å²) in [6.45, 7) is 1.15. The van der Waals surface area contributed by atoms with Crippen LogP contribution >= 0.6 is 11.6 Å². The van der Waals surface area contributed by atoms with E-state index in [-0.39, 0.29) is 12.2 Å². The van der Waals surface area contributed by atoms with Crippen LogP contribution in [0.25, 0.3) is 0 Å². The first-order valence-corrected chi connectivity index (χ1v) is 8.95. The molecule has 26 heavy (non-hydrogen) atoms. The van der Waals surface area contributed by atoms with Crippen molar-refractivity contribution in [3.63, 3.8) is 0 Å². The second-order valence-electron chi connectivity index (χ2n) is 5.06. The maximum absolute atomic E-state index is 13.0. The van der Waals surface area contributed by atoms with Crippen LogP contribution in [0.2, 0.25) is 5.02 Å². The van der Waals surface area contributed by atoms with Gasteiger partial charge in [-0.1, -0.05) is 23.7 Å². The monoisotopic (exact) mass is 408 g/mol. The molecule has 0 unspecified atom stereocenters. The Morgan fingerprint density at radius 3 is 2.35 bits per heavy atom. The van der Waals surface area contributed by atoms with E-state index in [2.05, 4.69) is 0 Å². The van der Waals surface area contributed by atoms with Gasteiger partial charge in [-0.3, -0.25) is 14.4 Å². The minimum Gasteiger partial charge on any atom is -0.266 e. The maximum atomic E-state index is 13.0. The lowest BCUT2D eigenvalue weighted by Crippen LogP contribution is -2.31. The Kier molecular flexibility index (Phi) is 5.47. The van der Waals surface area contributed by atoms with Crippen molar-refractivity contribution in [2.75, 3.05) is 10.8 Å². The Bertz CT molecular complexity index is 948. The molecule has 0 bridgehead atoms. The van der Waals surface area contributed by atoms with Crippen LogP contribution < -0.4 is 4.31 Å². The first-order chi connectivity index (χ1) is 12.0. The number of anilines is 1. The number of benzene rings is 2. The van der Waals surface area contributed by atoms with E-state index in [0.717, 1.165) is 24.3 Å². The van der Waals surface area contributed by atoms with Gasteiger partial charge in [0, 0.05) is 12.6 Å². The highest BCUT2D eigenvalue weighted by atomic mass is 35.5. The van der Waals surface area contributed by atoms with Crippen LogP contribution in [0.15, 0.2) is 47.4 Å². The summed E-state index contributed by atoms with van der Waals surface area (Å²) < 4.78 is 65.5. The summed E-state index contributed by atoms with van der Waals surface area (Å²) in [6, 6.07) is 7.23. The average Bonchev–Trinajstić information content (AvgIpc) is 2.55. The van der Waals surface area contributed by atoms with Crippen LogP contribution in [0.1, 0.15) is 12.5 Å². The largest absolute Gasteiger partial charge is 0.417 e. The van der Waals surface area contributed by atoms with Crippen molar-refractivity contribution >= 4 is 33.0 Å². The molecule has 2 rings (SSSR count). The summed E-state index contributed by atoms with van der Waals surface area (Å²) in [7, 11) is -4.47. The number of nitro benzene ring substituents is 1. The van der Waals surface area contributed by atoms with Crippen molar-refractivity contribution in [3.05, 3.63) is 63.2 Å². The maximum Gasteiger partial charge on any atom is 0.417 e. The third-order valence-corrected chi connectivity index (χ3v) is 5.74. The fraction of sp³-hybridized carbons (Fsp3) is 0.200. The Morgan fingerprint density at radius 1 is 1.19 bits per heavy atom. The molecule has 0 atom stereocenters. The molecule has 0 aliphatic heterocycles. The number of sulfonamides is 1. The summed E-state index contributed by atoms with van der Waals surface area (Å²) in [4.78, 5) is 9.62. The molecule has 2 aromatic carbocycles. The molecule has 0 fully saturated rings. The zero-order valence-electron chi connectivity index (χ0n) is 13.2. The smallest absolute Gasteiger partial charge is 0.266 e. The molecule has 0 heterocycles. The van der Waals surface area contributed by atoms with E-state index in [0.29, 0.717) is 10.4 Å². The fourth-order valence-corrected chi connectivity index (χ4v) is 4.17. The molecule has 0 N–H and O–H groups in total. The lowest BCUT2D eigenvalue weighted by atomic mass is 10.2. The average molecular weight is 409 g/mol. The number of halogens is 4. The topological polar surface area (TPSA) is 80.5 Å². The lowest BCUT2D eigenvalue weighted by molar-refractivity contribution is -0.387. The third kappa shape index (κ3) is 3.75. The van der Waals surface area contributed by atoms with Crippen LogP contribution in [0.3, 0.4) is 0 Å². The lowest BCUT2D eigenvalue weighted by Gasteiger charge is -2.24. The van der Waals surface area contributed by atoms with Gasteiger partial charge in [0.2, 0.25) is 0 Å². The molecular formula is C15H12ClF3N2O4S. The summed E-state index contributed by atoms with van der Waals surface area (Å²) in [5.74, 6) is 0. The van der Waals surface area contributed by atoms with Gasteiger partial charge in [-0.2, -0.15) is 13.2 Å². The van der Waals surface area contributed by atoms with Gasteiger partial charge in [-0.15, -0.1) is 0 Å². The number of hydrogen-bond donors (Lipinski definition) is 0. The molecule has 0 aliphatic carbocycles. The Hall–Kier alpha value is -2.33. The zero-order chi connectivity index (χ0) is 19.7. The standard InChI is InChI=1S/C15H12ClF3N2O4S/c1-2-20(10-7-8-12(16)11(9-10)15(17,18)19)26(24,25)14-6-4-3-5-13(14)21(22)23/h3-9H,2H2,1H3. The Labute approximate surface area is 152 Å². The van der Waals surface area contributed by atoms with Crippen LogP contribution in [-0.4, -0.2) is 19.9 Å². The van der Waals surface area contributed by atoms with Gasteiger partial charge < -0.3 is 0 Å². The second kappa shape index (κ2) is 7.12. The summed E-state index contributed by atoms with van der Waals surface area (Å²) >= 11 is 5.55. The molecule has 2 aromatic rings.